The summed E-state index contributed by atoms with van der Waals surface area (Å²) < 4.78 is 46.0. The second kappa shape index (κ2) is 37.6. The average Bonchev–Trinajstić information content (AvgIpc) is 3.44. The van der Waals surface area contributed by atoms with Gasteiger partial charge < -0.3 is 58.3 Å². The molecule has 4 N–H and O–H groups in total. The van der Waals surface area contributed by atoms with Crippen LogP contribution in [-0.2, 0) is 64.1 Å². The number of hydrogen-bond donors (Lipinski definition) is 4. The van der Waals surface area contributed by atoms with Gasteiger partial charge in [-0.3, -0.25) is 19.6 Å². The number of pyridine rings is 4. The molecule has 2 aliphatic heterocycles. The highest BCUT2D eigenvalue weighted by atomic mass is 32.1. The minimum Gasteiger partial charge on any atom is -0.477 e. The third-order valence-corrected chi connectivity index (χ3v) is 11.9. The molecule has 2 aliphatic rings. The SMILES string of the molecule is O=C(O)c1cccc(CN2CCOCCOCCN(Cc3cc(N=C=S)cc(C(=O)O)n3)CCOCCOCC2)n1.O=C(O)c1cccc(CN2CCOCCOCCN(Cc3cccc(C(=O)O)n3)CCOCCOCC2)n1. The largest absolute Gasteiger partial charge is 0.477 e. The van der Waals surface area contributed by atoms with E-state index < -0.39 is 23.9 Å². The maximum absolute atomic E-state index is 11.5. The van der Waals surface area contributed by atoms with E-state index in [0.717, 1.165) is 0 Å². The third-order valence-electron chi connectivity index (χ3n) is 11.8. The molecule has 0 aliphatic carbocycles. The number of carboxylic acid groups (broad SMARTS) is 4. The monoisotopic (exact) mass is 1120 g/mol. The lowest BCUT2D eigenvalue weighted by molar-refractivity contribution is 0.00597. The molecule has 430 valence electrons. The van der Waals surface area contributed by atoms with Crippen molar-refractivity contribution in [1.82, 2.24) is 39.5 Å². The molecule has 6 rings (SSSR count). The zero-order valence-electron chi connectivity index (χ0n) is 44.3. The van der Waals surface area contributed by atoms with Crippen LogP contribution in [0.1, 0.15) is 64.7 Å². The van der Waals surface area contributed by atoms with Crippen molar-refractivity contribution in [3.63, 3.8) is 0 Å². The van der Waals surface area contributed by atoms with Gasteiger partial charge in [0.05, 0.1) is 139 Å². The van der Waals surface area contributed by atoms with Gasteiger partial charge in [-0.1, -0.05) is 18.2 Å². The standard InChI is InChI=1S/C27H35N5O8S.C26H36N4O8/c33-26(34)24-3-1-2-21(29-24)18-31-4-8-37-12-14-39-10-6-32(7-11-40-15-13-38-9-5-31)19-23-16-22(28-20-41)17-25(30-23)27(35)36;31-25(32)23-5-1-3-21(27-23)19-29-7-11-35-15-17-37-13-9-30(10-14-38-18-16-36-12-8-29)20-22-4-2-6-24(28-22)26(33)34/h1-3,16-17H,4-15,18-19H2,(H,33,34)(H,35,36);1-6H,7-20H2,(H,31,32)(H,33,34). The summed E-state index contributed by atoms with van der Waals surface area (Å²) in [4.78, 5) is 74.4. The number of aromatic carboxylic acids is 4. The van der Waals surface area contributed by atoms with Crippen LogP contribution in [-0.4, -0.2) is 247 Å². The van der Waals surface area contributed by atoms with Crippen molar-refractivity contribution in [1.29, 1.82) is 0 Å². The Hall–Kier alpha value is -6.20. The number of aliphatic imine (C=N–C) groups is 1. The lowest BCUT2D eigenvalue weighted by Crippen LogP contribution is -2.33. The first-order valence-electron chi connectivity index (χ1n) is 25.9. The molecule has 2 saturated heterocycles. The van der Waals surface area contributed by atoms with Crippen molar-refractivity contribution in [2.24, 2.45) is 4.99 Å². The molecule has 0 aromatic carbocycles. The summed E-state index contributed by atoms with van der Waals surface area (Å²) in [6, 6.07) is 18.0. The zero-order valence-corrected chi connectivity index (χ0v) is 45.1. The van der Waals surface area contributed by atoms with Crippen molar-refractivity contribution in [3.05, 3.63) is 112 Å². The molecule has 0 radical (unpaired) electrons. The third kappa shape index (κ3) is 26.5. The van der Waals surface area contributed by atoms with Gasteiger partial charge in [-0.25, -0.2) is 39.1 Å². The van der Waals surface area contributed by atoms with Crippen molar-refractivity contribution in [2.45, 2.75) is 26.2 Å². The van der Waals surface area contributed by atoms with E-state index in [0.29, 0.717) is 213 Å². The van der Waals surface area contributed by atoms with Gasteiger partial charge in [0, 0.05) is 78.5 Å². The molecule has 0 bridgehead atoms. The van der Waals surface area contributed by atoms with Crippen LogP contribution in [0.3, 0.4) is 0 Å². The molecule has 0 atom stereocenters. The number of thiocarbonyl (C=S) groups is 1. The quantitative estimate of drug-likeness (QED) is 0.110. The Kier molecular flexibility index (Phi) is 30.3. The summed E-state index contributed by atoms with van der Waals surface area (Å²) >= 11 is 4.66. The molecule has 0 saturated carbocycles. The number of hydrogen-bond acceptors (Lipinski definition) is 22. The maximum atomic E-state index is 11.5. The minimum absolute atomic E-state index is 0.0132. The Balaban J connectivity index is 0.000000291. The lowest BCUT2D eigenvalue weighted by atomic mass is 10.2. The molecular formula is C53H71N9O16S. The van der Waals surface area contributed by atoms with Crippen LogP contribution in [0, 0.1) is 0 Å². The lowest BCUT2D eigenvalue weighted by Gasteiger charge is -2.23. The first kappa shape index (κ1) is 63.6. The fourth-order valence-corrected chi connectivity index (χ4v) is 7.88. The van der Waals surface area contributed by atoms with E-state index in [1.807, 2.05) is 12.1 Å². The molecule has 0 amide bonds. The topological polar surface area (TPSA) is 300 Å². The number of aromatic nitrogens is 4. The van der Waals surface area contributed by atoms with E-state index in [2.05, 4.69) is 61.9 Å². The average molecular weight is 1120 g/mol. The first-order chi connectivity index (χ1) is 38.4. The van der Waals surface area contributed by atoms with Gasteiger partial charge in [-0.05, 0) is 60.7 Å². The summed E-state index contributed by atoms with van der Waals surface area (Å²) in [6.07, 6.45) is 0. The van der Waals surface area contributed by atoms with E-state index in [1.165, 1.54) is 24.3 Å². The summed E-state index contributed by atoms with van der Waals surface area (Å²) in [5, 5.41) is 39.3. The molecule has 4 aromatic rings. The van der Waals surface area contributed by atoms with Gasteiger partial charge in [0.1, 0.15) is 17.1 Å². The highest BCUT2D eigenvalue weighted by Gasteiger charge is 2.16. The summed E-state index contributed by atoms with van der Waals surface area (Å²) in [5.74, 6) is -4.31. The Morgan fingerprint density at radius 3 is 0.899 bits per heavy atom. The Bertz CT molecular complexity index is 2390. The molecular weight excluding hydrogens is 1050 g/mol. The van der Waals surface area contributed by atoms with Crippen LogP contribution >= 0.6 is 12.2 Å². The Morgan fingerprint density at radius 1 is 0.392 bits per heavy atom. The van der Waals surface area contributed by atoms with Crippen molar-refractivity contribution >= 4 is 46.9 Å². The molecule has 79 heavy (non-hydrogen) atoms. The van der Waals surface area contributed by atoms with Crippen LogP contribution in [0.4, 0.5) is 5.69 Å². The second-order valence-corrected chi connectivity index (χ2v) is 17.9. The maximum Gasteiger partial charge on any atom is 0.354 e. The molecule has 0 unspecified atom stereocenters. The summed E-state index contributed by atoms with van der Waals surface area (Å²) in [6.45, 7) is 13.9. The van der Waals surface area contributed by atoms with Gasteiger partial charge >= 0.3 is 23.9 Å². The van der Waals surface area contributed by atoms with Gasteiger partial charge in [0.15, 0.2) is 5.69 Å². The molecule has 0 spiro atoms. The van der Waals surface area contributed by atoms with Crippen LogP contribution in [0.5, 0.6) is 0 Å². The van der Waals surface area contributed by atoms with Gasteiger partial charge in [0.25, 0.3) is 0 Å². The summed E-state index contributed by atoms with van der Waals surface area (Å²) in [5.41, 5.74) is 2.88. The fraction of sp³-hybridized carbons (Fsp3) is 0.528. The molecule has 2 fully saturated rings. The van der Waals surface area contributed by atoms with Gasteiger partial charge in [0.2, 0.25) is 0 Å². The fourth-order valence-electron chi connectivity index (χ4n) is 7.77. The summed E-state index contributed by atoms with van der Waals surface area (Å²) in [7, 11) is 0. The number of isothiocyanates is 1. The van der Waals surface area contributed by atoms with E-state index in [-0.39, 0.29) is 22.8 Å². The van der Waals surface area contributed by atoms with E-state index in [9.17, 15) is 39.6 Å². The normalized spacial score (nSPS) is 17.9. The van der Waals surface area contributed by atoms with E-state index in [1.54, 1.807) is 30.3 Å². The van der Waals surface area contributed by atoms with Crippen molar-refractivity contribution in [2.75, 3.05) is 158 Å². The number of rotatable bonds is 13. The predicted molar refractivity (Wildman–Crippen MR) is 287 cm³/mol. The second-order valence-electron chi connectivity index (χ2n) is 17.7. The van der Waals surface area contributed by atoms with Gasteiger partial charge in [-0.15, -0.1) is 0 Å². The van der Waals surface area contributed by atoms with Crippen LogP contribution in [0.2, 0.25) is 0 Å². The van der Waals surface area contributed by atoms with Crippen LogP contribution in [0.15, 0.2) is 71.7 Å². The van der Waals surface area contributed by atoms with Gasteiger partial charge in [-0.2, -0.15) is 4.99 Å². The Labute approximate surface area is 464 Å². The highest BCUT2D eigenvalue weighted by Crippen LogP contribution is 2.17. The number of ether oxygens (including phenoxy) is 8. The minimum atomic E-state index is -1.15. The van der Waals surface area contributed by atoms with Crippen molar-refractivity contribution in [3.8, 4) is 0 Å². The Morgan fingerprint density at radius 2 is 0.646 bits per heavy atom. The van der Waals surface area contributed by atoms with Crippen LogP contribution in [0.25, 0.3) is 0 Å². The number of carboxylic acids is 4. The first-order valence-corrected chi connectivity index (χ1v) is 26.3. The zero-order chi connectivity index (χ0) is 56.3. The van der Waals surface area contributed by atoms with E-state index >= 15 is 0 Å². The molecule has 4 aromatic heterocycles. The number of carbonyl (C=O) groups is 4. The highest BCUT2D eigenvalue weighted by molar-refractivity contribution is 7.78. The smallest absolute Gasteiger partial charge is 0.354 e. The van der Waals surface area contributed by atoms with E-state index in [4.69, 9.17) is 37.9 Å². The van der Waals surface area contributed by atoms with Crippen molar-refractivity contribution < 1.29 is 77.5 Å². The van der Waals surface area contributed by atoms with Crippen LogP contribution < -0.4 is 0 Å². The molecule has 26 heteroatoms. The molecule has 6 heterocycles. The number of nitrogens with zero attached hydrogens (tertiary/aromatic N) is 9. The predicted octanol–water partition coefficient (Wildman–Crippen LogP) is 3.25. The molecule has 25 nitrogen and oxygen atoms in total.